The van der Waals surface area contributed by atoms with Crippen LogP contribution in [-0.2, 0) is 10.0 Å². The van der Waals surface area contributed by atoms with Crippen LogP contribution in [0.4, 0.5) is 0 Å². The summed E-state index contributed by atoms with van der Waals surface area (Å²) in [6.07, 6.45) is 6.25. The Balaban J connectivity index is 3.15. The highest BCUT2D eigenvalue weighted by Crippen LogP contribution is 2.12. The maximum atomic E-state index is 12.0. The highest BCUT2D eigenvalue weighted by molar-refractivity contribution is 7.89. The summed E-state index contributed by atoms with van der Waals surface area (Å²) in [5.74, 6) is 2.28. The van der Waals surface area contributed by atoms with Gasteiger partial charge in [0.1, 0.15) is 0 Å². The minimum atomic E-state index is -3.61. The zero-order valence-corrected chi connectivity index (χ0v) is 9.62. The predicted octanol–water partition coefficient (Wildman–Crippen LogP) is 0.0187. The molecule has 0 saturated heterocycles. The number of nitrogens with zero attached hydrogens (tertiary/aromatic N) is 1. The zero-order chi connectivity index (χ0) is 12.2. The molecule has 5 nitrogen and oxygen atoms in total. The quantitative estimate of drug-likeness (QED) is 0.754. The molecule has 1 N–H and O–H groups in total. The van der Waals surface area contributed by atoms with E-state index in [1.54, 1.807) is 6.92 Å². The van der Waals surface area contributed by atoms with Gasteiger partial charge in [0.2, 0.25) is 15.6 Å². The molecule has 0 bridgehead atoms. The van der Waals surface area contributed by atoms with E-state index in [0.29, 0.717) is 0 Å². The summed E-state index contributed by atoms with van der Waals surface area (Å²) in [5.41, 5.74) is -0.348. The number of hydrogen-bond acceptors (Lipinski definition) is 3. The lowest BCUT2D eigenvalue weighted by molar-refractivity contribution is 0.464. The average Bonchev–Trinajstić information content (AvgIpc) is 2.26. The van der Waals surface area contributed by atoms with Crippen molar-refractivity contribution in [2.75, 3.05) is 13.1 Å². The molecule has 0 atom stereocenters. The van der Waals surface area contributed by atoms with Gasteiger partial charge >= 0.3 is 0 Å². The summed E-state index contributed by atoms with van der Waals surface area (Å²) in [6, 6.07) is 2.42. The fourth-order valence-corrected chi connectivity index (χ4v) is 2.50. The van der Waals surface area contributed by atoms with Crippen molar-refractivity contribution in [2.45, 2.75) is 11.8 Å². The molecule has 0 aromatic carbocycles. The van der Waals surface area contributed by atoms with E-state index in [2.05, 4.69) is 10.9 Å². The van der Waals surface area contributed by atoms with E-state index in [0.717, 1.165) is 16.6 Å². The van der Waals surface area contributed by atoms with E-state index in [1.807, 2.05) is 0 Å². The van der Waals surface area contributed by atoms with Crippen LogP contribution in [0.1, 0.15) is 6.92 Å². The molecule has 1 heterocycles. The van der Waals surface area contributed by atoms with Crippen LogP contribution in [0.3, 0.4) is 0 Å². The SMILES string of the molecule is C#CCN(CC)S(=O)(=O)c1ccc(=O)[nH]c1. The van der Waals surface area contributed by atoms with Crippen LogP contribution in [0.15, 0.2) is 28.0 Å². The summed E-state index contributed by atoms with van der Waals surface area (Å²) in [7, 11) is -3.61. The Morgan fingerprint density at radius 2 is 2.19 bits per heavy atom. The van der Waals surface area contributed by atoms with Crippen molar-refractivity contribution in [1.29, 1.82) is 0 Å². The lowest BCUT2D eigenvalue weighted by atomic mass is 10.5. The maximum Gasteiger partial charge on any atom is 0.247 e. The molecule has 0 aliphatic heterocycles. The molecule has 0 saturated carbocycles. The molecule has 0 aliphatic rings. The lowest BCUT2D eigenvalue weighted by Gasteiger charge is -2.17. The van der Waals surface area contributed by atoms with Crippen molar-refractivity contribution >= 4 is 10.0 Å². The van der Waals surface area contributed by atoms with Crippen LogP contribution in [0.5, 0.6) is 0 Å². The van der Waals surface area contributed by atoms with Gasteiger partial charge in [-0.2, -0.15) is 4.31 Å². The molecule has 0 unspecified atom stereocenters. The average molecular weight is 240 g/mol. The minimum absolute atomic E-state index is 0.0119. The molecule has 1 rings (SSSR count). The van der Waals surface area contributed by atoms with Gasteiger partial charge in [-0.1, -0.05) is 12.8 Å². The lowest BCUT2D eigenvalue weighted by Crippen LogP contribution is -2.31. The second-order valence-corrected chi connectivity index (χ2v) is 4.96. The molecule has 0 spiro atoms. The predicted molar refractivity (Wildman–Crippen MR) is 60.3 cm³/mol. The Hall–Kier alpha value is -1.58. The van der Waals surface area contributed by atoms with Crippen molar-refractivity contribution in [2.24, 2.45) is 0 Å². The fourth-order valence-electron chi connectivity index (χ4n) is 1.17. The van der Waals surface area contributed by atoms with Gasteiger partial charge in [-0.25, -0.2) is 8.42 Å². The molecular weight excluding hydrogens is 228 g/mol. The van der Waals surface area contributed by atoms with Crippen LogP contribution in [-0.4, -0.2) is 30.8 Å². The number of terminal acetylenes is 1. The molecule has 0 aliphatic carbocycles. The highest BCUT2D eigenvalue weighted by Gasteiger charge is 2.21. The first-order valence-electron chi connectivity index (χ1n) is 4.64. The number of H-pyrrole nitrogens is 1. The highest BCUT2D eigenvalue weighted by atomic mass is 32.2. The van der Waals surface area contributed by atoms with E-state index in [-0.39, 0.29) is 23.5 Å². The summed E-state index contributed by atoms with van der Waals surface area (Å²) in [6.45, 7) is 1.99. The van der Waals surface area contributed by atoms with Crippen LogP contribution < -0.4 is 5.56 Å². The Kier molecular flexibility index (Phi) is 3.88. The van der Waals surface area contributed by atoms with Crippen molar-refractivity contribution in [3.05, 3.63) is 28.7 Å². The molecule has 1 aromatic heterocycles. The van der Waals surface area contributed by atoms with Gasteiger partial charge in [0.05, 0.1) is 11.4 Å². The van der Waals surface area contributed by atoms with Gasteiger partial charge < -0.3 is 4.98 Å². The number of aromatic nitrogens is 1. The molecule has 1 aromatic rings. The summed E-state index contributed by atoms with van der Waals surface area (Å²) in [4.78, 5) is 13.2. The van der Waals surface area contributed by atoms with Crippen molar-refractivity contribution in [3.8, 4) is 12.3 Å². The third-order valence-electron chi connectivity index (χ3n) is 2.01. The van der Waals surface area contributed by atoms with Crippen LogP contribution in [0.25, 0.3) is 0 Å². The molecule has 6 heteroatoms. The number of nitrogens with one attached hydrogen (secondary N) is 1. The first-order valence-corrected chi connectivity index (χ1v) is 6.08. The largest absolute Gasteiger partial charge is 0.328 e. The maximum absolute atomic E-state index is 12.0. The van der Waals surface area contributed by atoms with Gasteiger partial charge in [-0.3, -0.25) is 4.79 Å². The van der Waals surface area contributed by atoms with Gasteiger partial charge in [-0.05, 0) is 6.07 Å². The van der Waals surface area contributed by atoms with Crippen molar-refractivity contribution in [3.63, 3.8) is 0 Å². The molecule has 86 valence electrons. The van der Waals surface area contributed by atoms with Crippen LogP contribution in [0, 0.1) is 12.3 Å². The standard InChI is InChI=1S/C10H12N2O3S/c1-3-7-12(4-2)16(14,15)9-5-6-10(13)11-8-9/h1,5-6,8H,4,7H2,2H3,(H,11,13). The topological polar surface area (TPSA) is 70.2 Å². The molecule has 0 amide bonds. The number of pyridine rings is 1. The van der Waals surface area contributed by atoms with Crippen molar-refractivity contribution < 1.29 is 8.42 Å². The smallest absolute Gasteiger partial charge is 0.247 e. The number of sulfonamides is 1. The second-order valence-electron chi connectivity index (χ2n) is 3.02. The molecule has 16 heavy (non-hydrogen) atoms. The summed E-state index contributed by atoms with van der Waals surface area (Å²) < 4.78 is 25.1. The Bertz CT molecular complexity index is 534. The first-order chi connectivity index (χ1) is 7.52. The number of aromatic amines is 1. The Morgan fingerprint density at radius 3 is 2.62 bits per heavy atom. The third-order valence-corrected chi connectivity index (χ3v) is 3.93. The van der Waals surface area contributed by atoms with E-state index >= 15 is 0 Å². The Labute approximate surface area is 94.2 Å². The van der Waals surface area contributed by atoms with E-state index < -0.39 is 10.0 Å². The van der Waals surface area contributed by atoms with E-state index in [9.17, 15) is 13.2 Å². The van der Waals surface area contributed by atoms with Gasteiger partial charge in [0.15, 0.2) is 0 Å². The molecule has 0 radical (unpaired) electrons. The summed E-state index contributed by atoms with van der Waals surface area (Å²) in [5, 5.41) is 0. The van der Waals surface area contributed by atoms with E-state index in [4.69, 9.17) is 6.42 Å². The third kappa shape index (κ3) is 2.51. The van der Waals surface area contributed by atoms with Crippen molar-refractivity contribution in [1.82, 2.24) is 9.29 Å². The monoisotopic (exact) mass is 240 g/mol. The van der Waals surface area contributed by atoms with Crippen LogP contribution >= 0.6 is 0 Å². The number of hydrogen-bond donors (Lipinski definition) is 1. The Morgan fingerprint density at radius 1 is 1.50 bits per heavy atom. The number of rotatable bonds is 4. The normalized spacial score (nSPS) is 11.3. The fraction of sp³-hybridized carbons (Fsp3) is 0.300. The first kappa shape index (κ1) is 12.5. The van der Waals surface area contributed by atoms with Gasteiger partial charge in [0.25, 0.3) is 0 Å². The van der Waals surface area contributed by atoms with Gasteiger partial charge in [0, 0.05) is 18.8 Å². The molecular formula is C10H12N2O3S. The van der Waals surface area contributed by atoms with Gasteiger partial charge in [-0.15, -0.1) is 6.42 Å². The molecule has 0 fully saturated rings. The zero-order valence-electron chi connectivity index (χ0n) is 8.80. The second kappa shape index (κ2) is 4.96. The minimum Gasteiger partial charge on any atom is -0.328 e. The van der Waals surface area contributed by atoms with E-state index in [1.165, 1.54) is 6.07 Å². The van der Waals surface area contributed by atoms with Crippen LogP contribution in [0.2, 0.25) is 0 Å². The summed E-state index contributed by atoms with van der Waals surface area (Å²) >= 11 is 0.